The lowest BCUT2D eigenvalue weighted by molar-refractivity contribution is 0.0870. The van der Waals surface area contributed by atoms with Gasteiger partial charge in [-0.3, -0.25) is 4.79 Å². The monoisotopic (exact) mass is 347 g/mol. The average Bonchev–Trinajstić information content (AvgIpc) is 2.28. The lowest BCUT2D eigenvalue weighted by Gasteiger charge is -2.15. The molecule has 1 amide bonds. The first-order valence-electron chi connectivity index (χ1n) is 5.64. The fourth-order valence-corrected chi connectivity index (χ4v) is 1.92. The molecule has 1 unspecified atom stereocenters. The minimum atomic E-state index is -0.499. The molecule has 4 heteroatoms. The number of aryl methyl sites for hydroxylation is 1. The van der Waals surface area contributed by atoms with Crippen LogP contribution in [-0.2, 0) is 0 Å². The molecule has 1 aromatic rings. The van der Waals surface area contributed by atoms with Gasteiger partial charge in [-0.05, 0) is 47.6 Å². The van der Waals surface area contributed by atoms with Crippen LogP contribution in [0.5, 0.6) is 0 Å². The Morgan fingerprint density at radius 3 is 2.71 bits per heavy atom. The Morgan fingerprint density at radius 2 is 2.12 bits per heavy atom. The van der Waals surface area contributed by atoms with Gasteiger partial charge < -0.3 is 10.4 Å². The SMILES string of the molecule is Cc1ccc(I)c(C(=O)NCC(O)C(C)C)c1. The quantitative estimate of drug-likeness (QED) is 0.822. The van der Waals surface area contributed by atoms with Crippen LogP contribution in [0.15, 0.2) is 18.2 Å². The van der Waals surface area contributed by atoms with E-state index in [4.69, 9.17) is 0 Å². The average molecular weight is 347 g/mol. The summed E-state index contributed by atoms with van der Waals surface area (Å²) in [5.74, 6) is 0.0182. The second kappa shape index (κ2) is 6.35. The van der Waals surface area contributed by atoms with Crippen molar-refractivity contribution in [2.75, 3.05) is 6.54 Å². The number of nitrogens with one attached hydrogen (secondary N) is 1. The Labute approximate surface area is 116 Å². The van der Waals surface area contributed by atoms with Crippen molar-refractivity contribution >= 4 is 28.5 Å². The lowest BCUT2D eigenvalue weighted by Crippen LogP contribution is -2.35. The number of hydrogen-bond acceptors (Lipinski definition) is 2. The molecule has 94 valence electrons. The number of benzene rings is 1. The molecule has 0 fully saturated rings. The van der Waals surface area contributed by atoms with Gasteiger partial charge in [-0.25, -0.2) is 0 Å². The molecule has 0 radical (unpaired) electrons. The molecular formula is C13H18INO2. The molecule has 0 aromatic heterocycles. The lowest BCUT2D eigenvalue weighted by atomic mass is 10.1. The molecule has 1 atom stereocenters. The largest absolute Gasteiger partial charge is 0.391 e. The molecule has 17 heavy (non-hydrogen) atoms. The molecule has 0 aliphatic rings. The van der Waals surface area contributed by atoms with Crippen molar-refractivity contribution in [3.8, 4) is 0 Å². The van der Waals surface area contributed by atoms with E-state index < -0.39 is 6.10 Å². The van der Waals surface area contributed by atoms with Crippen molar-refractivity contribution in [3.05, 3.63) is 32.9 Å². The van der Waals surface area contributed by atoms with Gasteiger partial charge in [-0.2, -0.15) is 0 Å². The topological polar surface area (TPSA) is 49.3 Å². The fraction of sp³-hybridized carbons (Fsp3) is 0.462. The highest BCUT2D eigenvalue weighted by Gasteiger charge is 2.13. The first-order chi connectivity index (χ1) is 7.91. The van der Waals surface area contributed by atoms with E-state index in [1.807, 2.05) is 39.0 Å². The van der Waals surface area contributed by atoms with Gasteiger partial charge in [0.1, 0.15) is 0 Å². The Morgan fingerprint density at radius 1 is 1.47 bits per heavy atom. The van der Waals surface area contributed by atoms with Crippen molar-refractivity contribution in [2.24, 2.45) is 5.92 Å². The van der Waals surface area contributed by atoms with E-state index in [-0.39, 0.29) is 11.8 Å². The molecule has 0 aliphatic heterocycles. The molecule has 0 saturated heterocycles. The molecule has 0 saturated carbocycles. The summed E-state index contributed by atoms with van der Waals surface area (Å²) in [5.41, 5.74) is 1.72. The standard InChI is InChI=1S/C13H18INO2/c1-8(2)12(16)7-15-13(17)10-6-9(3)4-5-11(10)14/h4-6,8,12,16H,7H2,1-3H3,(H,15,17). The molecule has 0 bridgehead atoms. The zero-order valence-electron chi connectivity index (χ0n) is 10.3. The van der Waals surface area contributed by atoms with Crippen LogP contribution in [0.25, 0.3) is 0 Å². The summed E-state index contributed by atoms with van der Waals surface area (Å²) >= 11 is 2.14. The van der Waals surface area contributed by atoms with E-state index in [2.05, 4.69) is 27.9 Å². The first kappa shape index (κ1) is 14.4. The summed E-state index contributed by atoms with van der Waals surface area (Å²) in [6.07, 6.45) is -0.499. The molecule has 1 aromatic carbocycles. The second-order valence-corrected chi connectivity index (χ2v) is 5.67. The van der Waals surface area contributed by atoms with Gasteiger partial charge in [-0.15, -0.1) is 0 Å². The minimum Gasteiger partial charge on any atom is -0.391 e. The number of amides is 1. The van der Waals surface area contributed by atoms with Gasteiger partial charge in [0.2, 0.25) is 0 Å². The van der Waals surface area contributed by atoms with Crippen LogP contribution in [0.2, 0.25) is 0 Å². The minimum absolute atomic E-state index is 0.127. The Kier molecular flexibility index (Phi) is 5.39. The van der Waals surface area contributed by atoms with Crippen LogP contribution in [0.4, 0.5) is 0 Å². The number of aliphatic hydroxyl groups is 1. The summed E-state index contributed by atoms with van der Waals surface area (Å²) in [6.45, 7) is 6.09. The molecule has 0 spiro atoms. The van der Waals surface area contributed by atoms with E-state index in [0.717, 1.165) is 9.13 Å². The number of aliphatic hydroxyl groups excluding tert-OH is 1. The van der Waals surface area contributed by atoms with Crippen LogP contribution in [0, 0.1) is 16.4 Å². The maximum Gasteiger partial charge on any atom is 0.252 e. The number of carbonyl (C=O) groups excluding carboxylic acids is 1. The van der Waals surface area contributed by atoms with Gasteiger partial charge >= 0.3 is 0 Å². The highest BCUT2D eigenvalue weighted by Crippen LogP contribution is 2.14. The Balaban J connectivity index is 2.67. The predicted octanol–water partition coefficient (Wildman–Crippen LogP) is 2.35. The molecular weight excluding hydrogens is 329 g/mol. The van der Waals surface area contributed by atoms with Crippen LogP contribution in [0.1, 0.15) is 29.8 Å². The van der Waals surface area contributed by atoms with Crippen LogP contribution < -0.4 is 5.32 Å². The summed E-state index contributed by atoms with van der Waals surface area (Å²) in [5, 5.41) is 12.4. The molecule has 0 heterocycles. The van der Waals surface area contributed by atoms with Crippen molar-refractivity contribution in [1.29, 1.82) is 0 Å². The number of hydrogen-bond donors (Lipinski definition) is 2. The van der Waals surface area contributed by atoms with E-state index in [1.54, 1.807) is 0 Å². The van der Waals surface area contributed by atoms with Crippen LogP contribution in [0.3, 0.4) is 0 Å². The number of carbonyl (C=O) groups is 1. The van der Waals surface area contributed by atoms with Crippen LogP contribution >= 0.6 is 22.6 Å². The third-order valence-corrected chi connectivity index (χ3v) is 3.55. The van der Waals surface area contributed by atoms with Gasteiger partial charge in [-0.1, -0.05) is 25.5 Å². The van der Waals surface area contributed by atoms with Crippen molar-refractivity contribution < 1.29 is 9.90 Å². The fourth-order valence-electron chi connectivity index (χ4n) is 1.34. The van der Waals surface area contributed by atoms with Crippen LogP contribution in [-0.4, -0.2) is 23.7 Å². The first-order valence-corrected chi connectivity index (χ1v) is 6.72. The zero-order chi connectivity index (χ0) is 13.0. The summed E-state index contributed by atoms with van der Waals surface area (Å²) in [4.78, 5) is 11.9. The summed E-state index contributed by atoms with van der Waals surface area (Å²) < 4.78 is 0.921. The Hall–Kier alpha value is -0.620. The summed E-state index contributed by atoms with van der Waals surface area (Å²) in [7, 11) is 0. The molecule has 2 N–H and O–H groups in total. The molecule has 3 nitrogen and oxygen atoms in total. The zero-order valence-corrected chi connectivity index (χ0v) is 12.5. The third-order valence-electron chi connectivity index (χ3n) is 2.61. The highest BCUT2D eigenvalue weighted by molar-refractivity contribution is 14.1. The maximum absolute atomic E-state index is 11.9. The Bertz CT molecular complexity index is 404. The predicted molar refractivity (Wildman–Crippen MR) is 77.1 cm³/mol. The molecule has 0 aliphatic carbocycles. The number of halogens is 1. The van der Waals surface area contributed by atoms with E-state index >= 15 is 0 Å². The van der Waals surface area contributed by atoms with Crippen molar-refractivity contribution in [1.82, 2.24) is 5.32 Å². The van der Waals surface area contributed by atoms with Crippen molar-refractivity contribution in [2.45, 2.75) is 26.9 Å². The second-order valence-electron chi connectivity index (χ2n) is 4.50. The number of rotatable bonds is 4. The van der Waals surface area contributed by atoms with E-state index in [0.29, 0.717) is 12.1 Å². The van der Waals surface area contributed by atoms with Gasteiger partial charge in [0.15, 0.2) is 0 Å². The van der Waals surface area contributed by atoms with Crippen molar-refractivity contribution in [3.63, 3.8) is 0 Å². The van der Waals surface area contributed by atoms with Gasteiger partial charge in [0.25, 0.3) is 5.91 Å². The summed E-state index contributed by atoms with van der Waals surface area (Å²) in [6, 6.07) is 5.75. The highest BCUT2D eigenvalue weighted by atomic mass is 127. The molecule has 1 rings (SSSR count). The van der Waals surface area contributed by atoms with Gasteiger partial charge in [0.05, 0.1) is 11.7 Å². The van der Waals surface area contributed by atoms with E-state index in [1.165, 1.54) is 0 Å². The maximum atomic E-state index is 11.9. The normalized spacial score (nSPS) is 12.6. The smallest absolute Gasteiger partial charge is 0.252 e. The van der Waals surface area contributed by atoms with E-state index in [9.17, 15) is 9.90 Å². The third kappa shape index (κ3) is 4.27. The van der Waals surface area contributed by atoms with Gasteiger partial charge in [0, 0.05) is 10.1 Å².